The molecule has 6 nitrogen and oxygen atoms in total. The lowest BCUT2D eigenvalue weighted by atomic mass is 10.1. The molecule has 1 aromatic heterocycles. The van der Waals surface area contributed by atoms with Gasteiger partial charge in [-0.25, -0.2) is 4.21 Å². The predicted octanol–water partition coefficient (Wildman–Crippen LogP) is 5.13. The van der Waals surface area contributed by atoms with Crippen LogP contribution in [0.1, 0.15) is 16.1 Å². The first-order valence-electron chi connectivity index (χ1n) is 8.24. The van der Waals surface area contributed by atoms with Crippen molar-refractivity contribution < 1.29 is 13.5 Å². The number of carbonyl (C=O) groups is 1. The maximum absolute atomic E-state index is 12.8. The second-order valence-corrected chi connectivity index (χ2v) is 9.49. The first-order valence-corrected chi connectivity index (χ1v) is 11.3. The molecule has 1 heterocycles. The smallest absolute Gasteiger partial charge is 0.263 e. The van der Waals surface area contributed by atoms with Crippen molar-refractivity contribution in [1.29, 1.82) is 0 Å². The van der Waals surface area contributed by atoms with Gasteiger partial charge in [0.2, 0.25) is 5.11 Å². The van der Waals surface area contributed by atoms with Crippen molar-refractivity contribution in [2.45, 2.75) is 11.8 Å². The van der Waals surface area contributed by atoms with Gasteiger partial charge >= 0.3 is 0 Å². The zero-order valence-corrected chi connectivity index (χ0v) is 18.5. The molecule has 10 heteroatoms. The normalized spacial score (nSPS) is 12.8. The second kappa shape index (κ2) is 8.62. The predicted molar refractivity (Wildman–Crippen MR) is 118 cm³/mol. The minimum atomic E-state index is -2.82. The number of hydrogen-bond donors (Lipinski definition) is 1. The molecule has 1 unspecified atom stereocenters. The second-order valence-electron chi connectivity index (χ2n) is 6.03. The Labute approximate surface area is 183 Å². The third-order valence-electron chi connectivity index (χ3n) is 3.95. The Kier molecular flexibility index (Phi) is 6.38. The van der Waals surface area contributed by atoms with Gasteiger partial charge in [-0.1, -0.05) is 52.6 Å². The molecular weight excluding hydrogens is 453 g/mol. The molecule has 0 spiro atoms. The quantitative estimate of drug-likeness (QED) is 0.539. The van der Waals surface area contributed by atoms with Crippen LogP contribution < -0.4 is 5.32 Å². The van der Waals surface area contributed by atoms with E-state index < -0.39 is 15.6 Å². The highest BCUT2D eigenvalue weighted by atomic mass is 35.5. The number of hydrogen-bond acceptors (Lipinski definition) is 5. The van der Waals surface area contributed by atoms with E-state index in [1.54, 1.807) is 55.5 Å². The number of aromatic nitrogens is 1. The molecule has 29 heavy (non-hydrogen) atoms. The average Bonchev–Trinajstić information content (AvgIpc) is 3.03. The molecule has 0 saturated carbocycles. The molecule has 0 saturated heterocycles. The minimum Gasteiger partial charge on any atom is -0.360 e. The number of amides is 1. The number of benzene rings is 2. The fraction of sp³-hybridized carbons (Fsp3) is 0.105. The maximum atomic E-state index is 12.8. The molecule has 3 aromatic rings. The van der Waals surface area contributed by atoms with Crippen molar-refractivity contribution in [3.8, 4) is 11.3 Å². The third-order valence-corrected chi connectivity index (χ3v) is 6.56. The van der Waals surface area contributed by atoms with Crippen molar-refractivity contribution in [3.05, 3.63) is 69.9 Å². The number of nitrogens with one attached hydrogen (secondary N) is 1. The third kappa shape index (κ3) is 4.67. The fourth-order valence-corrected chi connectivity index (χ4v) is 4.83. The summed E-state index contributed by atoms with van der Waals surface area (Å²) in [5.41, 5.74) is 0.655. The topological polar surface area (TPSA) is 84.6 Å². The summed E-state index contributed by atoms with van der Waals surface area (Å²) in [6, 6.07) is 13.6. The summed E-state index contributed by atoms with van der Waals surface area (Å²) in [6.45, 7) is 1.57. The van der Waals surface area contributed by atoms with E-state index >= 15 is 0 Å². The van der Waals surface area contributed by atoms with Crippen LogP contribution in [0.25, 0.3) is 11.3 Å². The monoisotopic (exact) mass is 467 g/mol. The molecule has 0 aliphatic carbocycles. The Bertz CT molecular complexity index is 1200. The van der Waals surface area contributed by atoms with Crippen LogP contribution in [0, 0.1) is 6.92 Å². The molecule has 1 atom stereocenters. The molecular formula is C19H15Cl2N3O3S2. The lowest BCUT2D eigenvalue weighted by molar-refractivity contribution is 0.0976. The van der Waals surface area contributed by atoms with Crippen LogP contribution in [0.2, 0.25) is 10.0 Å². The van der Waals surface area contributed by atoms with Crippen molar-refractivity contribution in [2.75, 3.05) is 6.26 Å². The van der Waals surface area contributed by atoms with Crippen LogP contribution >= 0.6 is 35.4 Å². The molecule has 0 aliphatic rings. The standard InChI is InChI=1S/C19H15Cl2N3O3S2/c1-11-15(17(23-27-11)16-13(20)9-6-10-14(16)21)18(25)22-19(28)24-29(2,26)12-7-4-3-5-8-12/h3-10H,1-2H3,(H,22,25,28). The van der Waals surface area contributed by atoms with Crippen LogP contribution in [-0.4, -0.2) is 26.6 Å². The Morgan fingerprint density at radius 2 is 1.76 bits per heavy atom. The van der Waals surface area contributed by atoms with Crippen LogP contribution in [0.4, 0.5) is 0 Å². The molecule has 0 fully saturated rings. The Morgan fingerprint density at radius 3 is 2.38 bits per heavy atom. The number of carbonyl (C=O) groups excluding carboxylic acids is 1. The highest BCUT2D eigenvalue weighted by molar-refractivity contribution is 7.94. The lowest BCUT2D eigenvalue weighted by Crippen LogP contribution is -2.29. The number of thiocarbonyl (C=S) groups is 1. The summed E-state index contributed by atoms with van der Waals surface area (Å²) in [7, 11) is -2.82. The minimum absolute atomic E-state index is 0.111. The van der Waals surface area contributed by atoms with Gasteiger partial charge < -0.3 is 4.52 Å². The van der Waals surface area contributed by atoms with E-state index in [1.165, 1.54) is 6.26 Å². The first kappa shape index (κ1) is 21.4. The Hall–Kier alpha value is -2.26. The highest BCUT2D eigenvalue weighted by Gasteiger charge is 2.25. The average molecular weight is 468 g/mol. The van der Waals surface area contributed by atoms with Crippen molar-refractivity contribution in [2.24, 2.45) is 4.36 Å². The Balaban J connectivity index is 1.93. The summed E-state index contributed by atoms with van der Waals surface area (Å²) in [5.74, 6) is -0.372. The van der Waals surface area contributed by atoms with E-state index in [2.05, 4.69) is 14.8 Å². The summed E-state index contributed by atoms with van der Waals surface area (Å²) < 4.78 is 22.0. The van der Waals surface area contributed by atoms with Crippen LogP contribution in [0.3, 0.4) is 0 Å². The van der Waals surface area contributed by atoms with Crippen LogP contribution in [-0.2, 0) is 9.73 Å². The number of halogens is 2. The largest absolute Gasteiger partial charge is 0.360 e. The van der Waals surface area contributed by atoms with E-state index in [0.717, 1.165) is 0 Å². The first-order chi connectivity index (χ1) is 13.7. The number of nitrogens with zero attached hydrogens (tertiary/aromatic N) is 2. The van der Waals surface area contributed by atoms with Gasteiger partial charge in [0, 0.05) is 16.7 Å². The summed E-state index contributed by atoms with van der Waals surface area (Å²) in [6.07, 6.45) is 1.44. The molecule has 2 aromatic carbocycles. The van der Waals surface area contributed by atoms with Gasteiger partial charge in [-0.2, -0.15) is 4.36 Å². The zero-order valence-electron chi connectivity index (χ0n) is 15.3. The maximum Gasteiger partial charge on any atom is 0.263 e. The molecule has 1 N–H and O–H groups in total. The van der Waals surface area contributed by atoms with E-state index in [0.29, 0.717) is 20.5 Å². The summed E-state index contributed by atoms with van der Waals surface area (Å²) in [5, 5.41) is 6.79. The van der Waals surface area contributed by atoms with Crippen LogP contribution in [0.5, 0.6) is 0 Å². The molecule has 1 amide bonds. The molecule has 3 rings (SSSR count). The van der Waals surface area contributed by atoms with E-state index in [9.17, 15) is 9.00 Å². The van der Waals surface area contributed by atoms with Gasteiger partial charge in [0.1, 0.15) is 17.0 Å². The molecule has 0 bridgehead atoms. The highest BCUT2D eigenvalue weighted by Crippen LogP contribution is 2.36. The summed E-state index contributed by atoms with van der Waals surface area (Å²) >= 11 is 17.6. The number of aryl methyl sites for hydroxylation is 1. The zero-order chi connectivity index (χ0) is 21.2. The van der Waals surface area contributed by atoms with Gasteiger partial charge in [-0.05, 0) is 43.4 Å². The van der Waals surface area contributed by atoms with Gasteiger partial charge in [-0.15, -0.1) is 0 Å². The van der Waals surface area contributed by atoms with Gasteiger partial charge in [-0.3, -0.25) is 10.1 Å². The molecule has 0 radical (unpaired) electrons. The van der Waals surface area contributed by atoms with Crippen molar-refractivity contribution in [1.82, 2.24) is 10.5 Å². The van der Waals surface area contributed by atoms with Crippen LogP contribution in [0.15, 0.2) is 62.3 Å². The van der Waals surface area contributed by atoms with Gasteiger partial charge in [0.15, 0.2) is 0 Å². The van der Waals surface area contributed by atoms with Crippen molar-refractivity contribution >= 4 is 56.2 Å². The Morgan fingerprint density at radius 1 is 1.14 bits per heavy atom. The van der Waals surface area contributed by atoms with Crippen molar-refractivity contribution in [3.63, 3.8) is 0 Å². The van der Waals surface area contributed by atoms with E-state index in [4.69, 9.17) is 39.9 Å². The van der Waals surface area contributed by atoms with E-state index in [1.807, 2.05) is 0 Å². The SMILES string of the molecule is Cc1onc(-c2c(Cl)cccc2Cl)c1C(=O)NC(=S)N=S(C)(=O)c1ccccc1. The lowest BCUT2D eigenvalue weighted by Gasteiger charge is -2.08. The number of rotatable bonds is 3. The van der Waals surface area contributed by atoms with Gasteiger partial charge in [0.25, 0.3) is 5.91 Å². The molecule has 150 valence electrons. The fourth-order valence-electron chi connectivity index (χ4n) is 2.60. The van der Waals surface area contributed by atoms with E-state index in [-0.39, 0.29) is 22.1 Å². The van der Waals surface area contributed by atoms with Gasteiger partial charge in [0.05, 0.1) is 19.8 Å². The summed E-state index contributed by atoms with van der Waals surface area (Å²) in [4.78, 5) is 13.3. The molecule has 0 aliphatic heterocycles.